The highest BCUT2D eigenvalue weighted by Gasteiger charge is 2.28. The van der Waals surface area contributed by atoms with Crippen molar-refractivity contribution in [3.63, 3.8) is 0 Å². The molecule has 3 N–H and O–H groups in total. The van der Waals surface area contributed by atoms with Crippen molar-refractivity contribution in [3.05, 3.63) is 47.2 Å². The molecule has 134 valence electrons. The van der Waals surface area contributed by atoms with Gasteiger partial charge in [0.25, 0.3) is 5.91 Å². The molecule has 2 unspecified atom stereocenters. The predicted molar refractivity (Wildman–Crippen MR) is 95.1 cm³/mol. The van der Waals surface area contributed by atoms with Crippen LogP contribution in [0.3, 0.4) is 0 Å². The van der Waals surface area contributed by atoms with Gasteiger partial charge in [-0.05, 0) is 37.6 Å². The average Bonchev–Trinajstić information content (AvgIpc) is 3.01. The van der Waals surface area contributed by atoms with E-state index >= 15 is 0 Å². The van der Waals surface area contributed by atoms with E-state index in [-0.39, 0.29) is 17.9 Å². The molecule has 1 aromatic heterocycles. The van der Waals surface area contributed by atoms with Crippen LogP contribution in [0.25, 0.3) is 0 Å². The van der Waals surface area contributed by atoms with Gasteiger partial charge in [-0.25, -0.2) is 4.68 Å². The van der Waals surface area contributed by atoms with Crippen LogP contribution in [-0.2, 0) is 4.79 Å². The fourth-order valence-electron chi connectivity index (χ4n) is 2.84. The van der Waals surface area contributed by atoms with Gasteiger partial charge < -0.3 is 10.6 Å². The van der Waals surface area contributed by atoms with Crippen LogP contribution in [-0.4, -0.2) is 27.6 Å². The Hall–Kier alpha value is -3.18. The molecule has 2 atom stereocenters. The van der Waals surface area contributed by atoms with Crippen LogP contribution >= 0.6 is 0 Å². The molecule has 1 aliphatic heterocycles. The molecule has 0 saturated carbocycles. The molecule has 2 amide bonds. The van der Waals surface area contributed by atoms with E-state index < -0.39 is 6.29 Å². The molecule has 0 radical (unpaired) electrons. The average molecular weight is 352 g/mol. The highest BCUT2D eigenvalue weighted by molar-refractivity contribution is 6.03. The fourth-order valence-corrected chi connectivity index (χ4v) is 2.84. The van der Waals surface area contributed by atoms with Crippen LogP contribution in [0.1, 0.15) is 47.7 Å². The molecule has 0 aliphatic carbocycles. The predicted octanol–water partition coefficient (Wildman–Crippen LogP) is 1.66. The zero-order chi connectivity index (χ0) is 18.7. The van der Waals surface area contributed by atoms with Gasteiger partial charge in [-0.15, -0.1) is 0 Å². The third-order valence-corrected chi connectivity index (χ3v) is 4.24. The van der Waals surface area contributed by atoms with Gasteiger partial charge in [-0.2, -0.15) is 10.4 Å². The Morgan fingerprint density at radius 2 is 2.15 bits per heavy atom. The first kappa shape index (κ1) is 17.6. The Balaban J connectivity index is 1.81. The summed E-state index contributed by atoms with van der Waals surface area (Å²) in [5.41, 5.74) is 1.64. The van der Waals surface area contributed by atoms with Crippen molar-refractivity contribution in [2.24, 2.45) is 0 Å². The van der Waals surface area contributed by atoms with Crippen molar-refractivity contribution in [1.29, 1.82) is 5.26 Å². The number of nitrogens with one attached hydrogen (secondary N) is 3. The summed E-state index contributed by atoms with van der Waals surface area (Å²) in [6.45, 7) is 3.82. The van der Waals surface area contributed by atoms with Gasteiger partial charge >= 0.3 is 0 Å². The van der Waals surface area contributed by atoms with Gasteiger partial charge in [-0.1, -0.05) is 6.92 Å². The summed E-state index contributed by atoms with van der Waals surface area (Å²) in [5, 5.41) is 22.2. The standard InChI is InChI=1S/C18H20N6O2/c1-3-14-9-16(25)22-18(20-14)24-15(8-11(2)23-24)21-17(26)13-6-4-12(10-19)5-7-13/h4-8,14,18,20H,3,9H2,1-2H3,(H,21,26)(H,22,25). The van der Waals surface area contributed by atoms with E-state index in [1.54, 1.807) is 35.0 Å². The third-order valence-electron chi connectivity index (χ3n) is 4.24. The van der Waals surface area contributed by atoms with E-state index in [0.717, 1.165) is 12.1 Å². The zero-order valence-electron chi connectivity index (χ0n) is 14.6. The largest absolute Gasteiger partial charge is 0.322 e. The number of aromatic nitrogens is 2. The molecular weight excluding hydrogens is 332 g/mol. The van der Waals surface area contributed by atoms with Gasteiger partial charge in [0.05, 0.1) is 17.3 Å². The topological polar surface area (TPSA) is 112 Å². The lowest BCUT2D eigenvalue weighted by Crippen LogP contribution is -2.53. The van der Waals surface area contributed by atoms with Crippen LogP contribution in [0.15, 0.2) is 30.3 Å². The summed E-state index contributed by atoms with van der Waals surface area (Å²) < 4.78 is 1.57. The normalized spacial score (nSPS) is 19.5. The van der Waals surface area contributed by atoms with Crippen LogP contribution < -0.4 is 16.0 Å². The maximum absolute atomic E-state index is 12.5. The molecule has 2 heterocycles. The highest BCUT2D eigenvalue weighted by atomic mass is 16.2. The SMILES string of the molecule is CCC1CC(=O)NC(n2nc(C)cc2NC(=O)c2ccc(C#N)cc2)N1. The van der Waals surface area contributed by atoms with Gasteiger partial charge in [0.15, 0.2) is 6.29 Å². The van der Waals surface area contributed by atoms with E-state index in [2.05, 4.69) is 21.0 Å². The van der Waals surface area contributed by atoms with E-state index in [1.807, 2.05) is 19.9 Å². The van der Waals surface area contributed by atoms with E-state index in [4.69, 9.17) is 5.26 Å². The van der Waals surface area contributed by atoms with Crippen LogP contribution in [0.4, 0.5) is 5.82 Å². The van der Waals surface area contributed by atoms with Crippen molar-refractivity contribution < 1.29 is 9.59 Å². The number of nitrogens with zero attached hydrogens (tertiary/aromatic N) is 3. The first-order valence-corrected chi connectivity index (χ1v) is 8.43. The van der Waals surface area contributed by atoms with Crippen molar-refractivity contribution in [3.8, 4) is 6.07 Å². The number of nitriles is 1. The molecule has 8 heteroatoms. The number of hydrogen-bond donors (Lipinski definition) is 3. The summed E-state index contributed by atoms with van der Waals surface area (Å²) in [6.07, 6.45) is 0.711. The summed E-state index contributed by atoms with van der Waals surface area (Å²) in [6, 6.07) is 10.2. The smallest absolute Gasteiger partial charge is 0.256 e. The van der Waals surface area contributed by atoms with Crippen molar-refractivity contribution >= 4 is 17.6 Å². The Labute approximate surface area is 151 Å². The summed E-state index contributed by atoms with van der Waals surface area (Å²) in [7, 11) is 0. The van der Waals surface area contributed by atoms with Crippen molar-refractivity contribution in [1.82, 2.24) is 20.4 Å². The van der Waals surface area contributed by atoms with Crippen LogP contribution in [0.5, 0.6) is 0 Å². The number of aryl methyl sites for hydroxylation is 1. The first-order valence-electron chi connectivity index (χ1n) is 8.43. The van der Waals surface area contributed by atoms with Crippen molar-refractivity contribution in [2.75, 3.05) is 5.32 Å². The minimum absolute atomic E-state index is 0.0559. The Bertz CT molecular complexity index is 865. The van der Waals surface area contributed by atoms with Gasteiger partial charge in [0.2, 0.25) is 5.91 Å². The highest BCUT2D eigenvalue weighted by Crippen LogP contribution is 2.19. The maximum Gasteiger partial charge on any atom is 0.256 e. The second-order valence-corrected chi connectivity index (χ2v) is 6.20. The summed E-state index contributed by atoms with van der Waals surface area (Å²) in [5.74, 6) is 0.106. The molecule has 1 fully saturated rings. The van der Waals surface area contributed by atoms with E-state index in [0.29, 0.717) is 23.4 Å². The third kappa shape index (κ3) is 3.73. The molecule has 2 aromatic rings. The Morgan fingerprint density at radius 3 is 2.81 bits per heavy atom. The minimum Gasteiger partial charge on any atom is -0.322 e. The molecule has 3 rings (SSSR count). The second-order valence-electron chi connectivity index (χ2n) is 6.20. The summed E-state index contributed by atoms with van der Waals surface area (Å²) in [4.78, 5) is 24.4. The Morgan fingerprint density at radius 1 is 1.42 bits per heavy atom. The van der Waals surface area contributed by atoms with E-state index in [1.165, 1.54) is 0 Å². The Kier molecular flexibility index (Phi) is 5.00. The van der Waals surface area contributed by atoms with Gasteiger partial charge in [-0.3, -0.25) is 14.9 Å². The molecule has 26 heavy (non-hydrogen) atoms. The molecule has 0 spiro atoms. The molecule has 8 nitrogen and oxygen atoms in total. The number of anilines is 1. The van der Waals surface area contributed by atoms with Gasteiger partial charge in [0, 0.05) is 24.1 Å². The lowest BCUT2D eigenvalue weighted by atomic mass is 10.1. The van der Waals surface area contributed by atoms with Crippen LogP contribution in [0, 0.1) is 18.3 Å². The number of carbonyl (C=O) groups is 2. The number of amides is 2. The molecule has 1 aromatic carbocycles. The minimum atomic E-state index is -0.522. The zero-order valence-corrected chi connectivity index (χ0v) is 14.6. The number of carbonyl (C=O) groups excluding carboxylic acids is 2. The fraction of sp³-hybridized carbons (Fsp3) is 0.333. The van der Waals surface area contributed by atoms with E-state index in [9.17, 15) is 9.59 Å². The molecule has 1 aliphatic rings. The van der Waals surface area contributed by atoms with Crippen LogP contribution in [0.2, 0.25) is 0 Å². The quantitative estimate of drug-likeness (QED) is 0.775. The number of hydrogen-bond acceptors (Lipinski definition) is 5. The summed E-state index contributed by atoms with van der Waals surface area (Å²) >= 11 is 0. The molecule has 1 saturated heterocycles. The number of benzene rings is 1. The number of rotatable bonds is 4. The molecule has 0 bridgehead atoms. The lowest BCUT2D eigenvalue weighted by molar-refractivity contribution is -0.125. The monoisotopic (exact) mass is 352 g/mol. The maximum atomic E-state index is 12.5. The first-order chi connectivity index (χ1) is 12.5. The molecular formula is C18H20N6O2. The lowest BCUT2D eigenvalue weighted by Gasteiger charge is -2.31. The second kappa shape index (κ2) is 7.37. The van der Waals surface area contributed by atoms with Crippen molar-refractivity contribution in [2.45, 2.75) is 39.0 Å². The van der Waals surface area contributed by atoms with Gasteiger partial charge in [0.1, 0.15) is 5.82 Å².